The average Bonchev–Trinajstić information content (AvgIpc) is 2.43. The summed E-state index contributed by atoms with van der Waals surface area (Å²) in [6, 6.07) is 2.92. The number of aliphatic carboxylic acids is 1. The van der Waals surface area contributed by atoms with E-state index >= 15 is 0 Å². The van der Waals surface area contributed by atoms with Gasteiger partial charge in [-0.3, -0.25) is 0 Å². The Morgan fingerprint density at radius 1 is 1.23 bits per heavy atom. The predicted octanol–water partition coefficient (Wildman–Crippen LogP) is 3.46. The Morgan fingerprint density at radius 3 is 2.31 bits per heavy atom. The number of ether oxygens (including phenoxy) is 2. The van der Waals surface area contributed by atoms with E-state index in [2.05, 4.69) is 10.1 Å². The minimum Gasteiger partial charge on any atom is -0.484 e. The topological polar surface area (TPSA) is 84.9 Å². The molecule has 0 bridgehead atoms. The van der Waals surface area contributed by atoms with Gasteiger partial charge in [-0.05, 0) is 51.0 Å². The highest BCUT2D eigenvalue weighted by Gasteiger charge is 2.28. The van der Waals surface area contributed by atoms with Crippen LogP contribution in [0.2, 0.25) is 0 Å². The van der Waals surface area contributed by atoms with Gasteiger partial charge in [0.2, 0.25) is 0 Å². The number of alkyl halides is 3. The standard InChI is InChI=1S/C17H22F3NO5/c1-10-7-12(25-9-17(18,19)20)6-5-11(10)8-13(14(22)23)21-15(24)26-16(2,3)4/h5-7,13H,8-9H2,1-4H3,(H,21,24)(H,22,23). The number of carbonyl (C=O) groups is 2. The Morgan fingerprint density at radius 2 is 1.85 bits per heavy atom. The number of rotatable bonds is 6. The first kappa shape index (κ1) is 21.6. The quantitative estimate of drug-likeness (QED) is 0.793. The molecule has 1 aromatic carbocycles. The van der Waals surface area contributed by atoms with Gasteiger partial charge in [0.1, 0.15) is 17.4 Å². The summed E-state index contributed by atoms with van der Waals surface area (Å²) in [6.07, 6.45) is -5.37. The molecule has 0 aliphatic rings. The van der Waals surface area contributed by atoms with Gasteiger partial charge in [0, 0.05) is 6.42 Å². The third-order valence-corrected chi connectivity index (χ3v) is 3.13. The molecule has 26 heavy (non-hydrogen) atoms. The van der Waals surface area contributed by atoms with Gasteiger partial charge < -0.3 is 19.9 Å². The molecule has 1 aromatic rings. The van der Waals surface area contributed by atoms with Crippen LogP contribution >= 0.6 is 0 Å². The van der Waals surface area contributed by atoms with Crippen LogP contribution in [-0.2, 0) is 16.0 Å². The fraction of sp³-hybridized carbons (Fsp3) is 0.529. The van der Waals surface area contributed by atoms with Gasteiger partial charge in [0.15, 0.2) is 6.61 Å². The predicted molar refractivity (Wildman–Crippen MR) is 87.2 cm³/mol. The minimum absolute atomic E-state index is 0.0237. The Bertz CT molecular complexity index is 653. The summed E-state index contributed by atoms with van der Waals surface area (Å²) in [7, 11) is 0. The molecule has 146 valence electrons. The van der Waals surface area contributed by atoms with Crippen molar-refractivity contribution in [1.29, 1.82) is 0 Å². The molecular weight excluding hydrogens is 355 g/mol. The molecule has 0 saturated carbocycles. The van der Waals surface area contributed by atoms with E-state index in [4.69, 9.17) is 4.74 Å². The SMILES string of the molecule is Cc1cc(OCC(F)(F)F)ccc1CC(NC(=O)OC(C)(C)C)C(=O)O. The smallest absolute Gasteiger partial charge is 0.422 e. The van der Waals surface area contributed by atoms with E-state index in [0.717, 1.165) is 0 Å². The van der Waals surface area contributed by atoms with Crippen molar-refractivity contribution in [3.05, 3.63) is 29.3 Å². The van der Waals surface area contributed by atoms with Gasteiger partial charge >= 0.3 is 18.2 Å². The second-order valence-corrected chi connectivity index (χ2v) is 6.73. The Labute approximate surface area is 149 Å². The van der Waals surface area contributed by atoms with Crippen molar-refractivity contribution in [3.8, 4) is 5.75 Å². The van der Waals surface area contributed by atoms with Crippen molar-refractivity contribution in [2.45, 2.75) is 51.9 Å². The molecule has 0 fully saturated rings. The highest BCUT2D eigenvalue weighted by Crippen LogP contribution is 2.22. The molecule has 0 aliphatic carbocycles. The molecular formula is C17H22F3NO5. The number of hydrogen-bond acceptors (Lipinski definition) is 4. The summed E-state index contributed by atoms with van der Waals surface area (Å²) in [5.41, 5.74) is 0.315. The van der Waals surface area contributed by atoms with Crippen molar-refractivity contribution >= 4 is 12.1 Å². The summed E-state index contributed by atoms with van der Waals surface area (Å²) in [5, 5.41) is 11.5. The Balaban J connectivity index is 2.80. The zero-order valence-corrected chi connectivity index (χ0v) is 14.9. The van der Waals surface area contributed by atoms with E-state index in [-0.39, 0.29) is 12.2 Å². The van der Waals surface area contributed by atoms with Crippen molar-refractivity contribution in [2.24, 2.45) is 0 Å². The molecule has 2 N–H and O–H groups in total. The number of hydrogen-bond donors (Lipinski definition) is 2. The summed E-state index contributed by atoms with van der Waals surface area (Å²) >= 11 is 0. The molecule has 0 aromatic heterocycles. The van der Waals surface area contributed by atoms with Gasteiger partial charge in [0.05, 0.1) is 0 Å². The summed E-state index contributed by atoms with van der Waals surface area (Å²) in [5.74, 6) is -1.23. The van der Waals surface area contributed by atoms with Crippen LogP contribution < -0.4 is 10.1 Å². The number of aryl methyl sites for hydroxylation is 1. The second-order valence-electron chi connectivity index (χ2n) is 6.73. The van der Waals surface area contributed by atoms with Crippen LogP contribution in [0, 0.1) is 6.92 Å². The van der Waals surface area contributed by atoms with Crippen LogP contribution in [0.1, 0.15) is 31.9 Å². The Kier molecular flexibility index (Phi) is 6.88. The van der Waals surface area contributed by atoms with Gasteiger partial charge in [-0.2, -0.15) is 13.2 Å². The molecule has 1 unspecified atom stereocenters. The van der Waals surface area contributed by atoms with Crippen molar-refractivity contribution in [1.82, 2.24) is 5.32 Å². The monoisotopic (exact) mass is 377 g/mol. The molecule has 1 atom stereocenters. The number of nitrogens with one attached hydrogen (secondary N) is 1. The van der Waals surface area contributed by atoms with E-state index in [9.17, 15) is 27.9 Å². The maximum atomic E-state index is 12.2. The van der Waals surface area contributed by atoms with Crippen LogP contribution in [0.5, 0.6) is 5.75 Å². The third kappa shape index (κ3) is 8.09. The molecule has 0 radical (unpaired) electrons. The minimum atomic E-state index is -4.45. The van der Waals surface area contributed by atoms with Crippen LogP contribution in [-0.4, -0.2) is 41.6 Å². The lowest BCUT2D eigenvalue weighted by atomic mass is 10.0. The van der Waals surface area contributed by atoms with Crippen LogP contribution in [0.25, 0.3) is 0 Å². The average molecular weight is 377 g/mol. The molecule has 1 amide bonds. The Hall–Kier alpha value is -2.45. The zero-order chi connectivity index (χ0) is 20.1. The molecule has 0 aliphatic heterocycles. The third-order valence-electron chi connectivity index (χ3n) is 3.13. The zero-order valence-electron chi connectivity index (χ0n) is 14.9. The van der Waals surface area contributed by atoms with Gasteiger partial charge in [-0.25, -0.2) is 9.59 Å². The lowest BCUT2D eigenvalue weighted by molar-refractivity contribution is -0.153. The molecule has 9 heteroatoms. The number of halogens is 3. The number of carboxylic acids is 1. The van der Waals surface area contributed by atoms with Crippen molar-refractivity contribution < 1.29 is 37.3 Å². The van der Waals surface area contributed by atoms with E-state index in [1.165, 1.54) is 18.2 Å². The normalized spacial score (nSPS) is 13.0. The van der Waals surface area contributed by atoms with Crippen LogP contribution in [0.4, 0.5) is 18.0 Å². The number of alkyl carbamates (subject to hydrolysis) is 1. The number of carboxylic acid groups (broad SMARTS) is 1. The van der Waals surface area contributed by atoms with Gasteiger partial charge in [-0.1, -0.05) is 6.07 Å². The lowest BCUT2D eigenvalue weighted by Crippen LogP contribution is -2.44. The maximum Gasteiger partial charge on any atom is 0.422 e. The van der Waals surface area contributed by atoms with Gasteiger partial charge in [-0.15, -0.1) is 0 Å². The lowest BCUT2D eigenvalue weighted by Gasteiger charge is -2.22. The van der Waals surface area contributed by atoms with E-state index in [0.29, 0.717) is 11.1 Å². The van der Waals surface area contributed by atoms with Gasteiger partial charge in [0.25, 0.3) is 0 Å². The summed E-state index contributed by atoms with van der Waals surface area (Å²) in [4.78, 5) is 23.1. The fourth-order valence-corrected chi connectivity index (χ4v) is 2.02. The largest absolute Gasteiger partial charge is 0.484 e. The molecule has 0 saturated heterocycles. The number of carbonyl (C=O) groups excluding carboxylic acids is 1. The van der Waals surface area contributed by atoms with Crippen molar-refractivity contribution in [3.63, 3.8) is 0 Å². The van der Waals surface area contributed by atoms with Crippen LogP contribution in [0.3, 0.4) is 0 Å². The first-order valence-electron chi connectivity index (χ1n) is 7.78. The first-order chi connectivity index (χ1) is 11.8. The molecule has 1 rings (SSSR count). The highest BCUT2D eigenvalue weighted by molar-refractivity contribution is 5.80. The number of amides is 1. The van der Waals surface area contributed by atoms with E-state index < -0.39 is 36.5 Å². The number of benzene rings is 1. The fourth-order valence-electron chi connectivity index (χ4n) is 2.02. The van der Waals surface area contributed by atoms with E-state index in [1.807, 2.05) is 0 Å². The first-order valence-corrected chi connectivity index (χ1v) is 7.78. The van der Waals surface area contributed by atoms with Crippen LogP contribution in [0.15, 0.2) is 18.2 Å². The summed E-state index contributed by atoms with van der Waals surface area (Å²) < 4.78 is 46.2. The molecule has 6 nitrogen and oxygen atoms in total. The van der Waals surface area contributed by atoms with E-state index in [1.54, 1.807) is 27.7 Å². The maximum absolute atomic E-state index is 12.2. The second kappa shape index (κ2) is 8.29. The van der Waals surface area contributed by atoms with Crippen molar-refractivity contribution in [2.75, 3.05) is 6.61 Å². The molecule has 0 heterocycles. The highest BCUT2D eigenvalue weighted by atomic mass is 19.4. The molecule has 0 spiro atoms. The summed E-state index contributed by atoms with van der Waals surface area (Å²) in [6.45, 7) is 5.14.